The van der Waals surface area contributed by atoms with Gasteiger partial charge in [-0.25, -0.2) is 4.79 Å². The number of H-pyrrole nitrogens is 1. The van der Waals surface area contributed by atoms with Crippen LogP contribution in [0.4, 0.5) is 0 Å². The molecule has 2 heterocycles. The second-order valence-corrected chi connectivity index (χ2v) is 12.5. The molecule has 0 saturated carbocycles. The molecule has 5 amide bonds. The van der Waals surface area contributed by atoms with Crippen molar-refractivity contribution in [1.29, 1.82) is 0 Å². The van der Waals surface area contributed by atoms with Crippen LogP contribution >= 0.6 is 0 Å². The molecule has 3 atom stereocenters. The number of aromatic nitrogens is 1. The van der Waals surface area contributed by atoms with Gasteiger partial charge in [-0.3, -0.25) is 24.0 Å². The smallest absolute Gasteiger partial charge is 0.326 e. The SMILES string of the molecule is NCCC(=O)N[C@@H](Cc1ccc(O)cc1)C(=O)NCC(=O)N[C@H]1Cc2c([nH]c3ccccc23)CN(CC(=O)N[C@@H](Cc2ccccc2)C(=O)O)C1=O. The van der Waals surface area contributed by atoms with Crippen LogP contribution in [0.5, 0.6) is 5.75 Å². The molecule has 0 aliphatic carbocycles. The summed E-state index contributed by atoms with van der Waals surface area (Å²) in [7, 11) is 0. The largest absolute Gasteiger partial charge is 0.508 e. The lowest BCUT2D eigenvalue weighted by Crippen LogP contribution is -2.54. The average Bonchev–Trinajstić information content (AvgIpc) is 3.41. The Kier molecular flexibility index (Phi) is 12.2. The van der Waals surface area contributed by atoms with Crippen molar-refractivity contribution in [3.8, 4) is 5.75 Å². The third-order valence-electron chi connectivity index (χ3n) is 8.68. The highest BCUT2D eigenvalue weighted by molar-refractivity contribution is 5.95. The lowest BCUT2D eigenvalue weighted by molar-refractivity contribution is -0.143. The Morgan fingerprint density at radius 2 is 1.50 bits per heavy atom. The Morgan fingerprint density at radius 3 is 2.21 bits per heavy atom. The number of nitrogens with two attached hydrogens (primary N) is 1. The van der Waals surface area contributed by atoms with Crippen LogP contribution in [0, 0.1) is 0 Å². The number of aromatic amines is 1. The zero-order valence-corrected chi connectivity index (χ0v) is 28.3. The van der Waals surface area contributed by atoms with E-state index in [9.17, 15) is 39.0 Å². The molecule has 15 nitrogen and oxygen atoms in total. The molecule has 0 fully saturated rings. The summed E-state index contributed by atoms with van der Waals surface area (Å²) in [6.45, 7) is -0.932. The highest BCUT2D eigenvalue weighted by Crippen LogP contribution is 2.28. The Morgan fingerprint density at radius 1 is 0.846 bits per heavy atom. The maximum Gasteiger partial charge on any atom is 0.326 e. The first-order valence-corrected chi connectivity index (χ1v) is 16.8. The van der Waals surface area contributed by atoms with Gasteiger partial charge in [-0.05, 0) is 34.9 Å². The molecule has 0 spiro atoms. The summed E-state index contributed by atoms with van der Waals surface area (Å²) in [4.78, 5) is 82.5. The molecule has 1 aromatic heterocycles. The number of rotatable bonds is 15. The quantitative estimate of drug-likeness (QED) is 0.0843. The number of hydrogen-bond acceptors (Lipinski definition) is 8. The van der Waals surface area contributed by atoms with E-state index < -0.39 is 66.7 Å². The van der Waals surface area contributed by atoms with E-state index in [0.717, 1.165) is 16.5 Å². The van der Waals surface area contributed by atoms with Gasteiger partial charge in [-0.2, -0.15) is 0 Å². The third kappa shape index (κ3) is 9.72. The minimum absolute atomic E-state index is 0.00274. The molecular formula is C37H41N7O8. The maximum absolute atomic E-state index is 13.9. The predicted molar refractivity (Wildman–Crippen MR) is 189 cm³/mol. The number of benzene rings is 3. The number of carboxylic acids is 1. The maximum atomic E-state index is 13.9. The van der Waals surface area contributed by atoms with Crippen molar-refractivity contribution in [3.05, 3.63) is 101 Å². The summed E-state index contributed by atoms with van der Waals surface area (Å²) in [5.41, 5.74) is 9.08. The minimum Gasteiger partial charge on any atom is -0.508 e. The molecule has 15 heteroatoms. The Hall–Kier alpha value is -6.22. The highest BCUT2D eigenvalue weighted by atomic mass is 16.4. The second-order valence-electron chi connectivity index (χ2n) is 12.5. The Labute approximate surface area is 298 Å². The zero-order chi connectivity index (χ0) is 37.2. The Bertz CT molecular complexity index is 1930. The van der Waals surface area contributed by atoms with Crippen LogP contribution in [0.25, 0.3) is 10.9 Å². The number of hydrogen-bond donors (Lipinski definition) is 8. The number of phenols is 1. The summed E-state index contributed by atoms with van der Waals surface area (Å²) in [5.74, 6) is -4.25. The molecule has 0 saturated heterocycles. The van der Waals surface area contributed by atoms with Crippen LogP contribution < -0.4 is 27.0 Å². The minimum atomic E-state index is -1.24. The number of nitrogens with zero attached hydrogens (tertiary/aromatic N) is 1. The van der Waals surface area contributed by atoms with E-state index in [1.54, 1.807) is 42.5 Å². The summed E-state index contributed by atoms with van der Waals surface area (Å²) < 4.78 is 0. The van der Waals surface area contributed by atoms with Crippen LogP contribution in [0.1, 0.15) is 28.8 Å². The first-order valence-electron chi connectivity index (χ1n) is 16.8. The van der Waals surface area contributed by atoms with E-state index in [1.165, 1.54) is 17.0 Å². The van der Waals surface area contributed by atoms with Crippen molar-refractivity contribution < 1.29 is 39.0 Å². The number of phenolic OH excluding ortho intramolecular Hbond substituents is 1. The molecule has 52 heavy (non-hydrogen) atoms. The Balaban J connectivity index is 1.29. The van der Waals surface area contributed by atoms with Crippen molar-refractivity contribution >= 4 is 46.4 Å². The van der Waals surface area contributed by atoms with Crippen LogP contribution in [0.2, 0.25) is 0 Å². The van der Waals surface area contributed by atoms with Gasteiger partial charge in [-0.1, -0.05) is 60.7 Å². The van der Waals surface area contributed by atoms with Crippen molar-refractivity contribution in [3.63, 3.8) is 0 Å². The van der Waals surface area contributed by atoms with E-state index in [0.29, 0.717) is 16.8 Å². The van der Waals surface area contributed by atoms with Gasteiger partial charge in [0, 0.05) is 48.8 Å². The molecule has 4 aromatic rings. The van der Waals surface area contributed by atoms with Crippen LogP contribution in [0.15, 0.2) is 78.9 Å². The molecule has 0 bridgehead atoms. The fourth-order valence-corrected chi connectivity index (χ4v) is 6.12. The summed E-state index contributed by atoms with van der Waals surface area (Å²) in [6, 6.07) is 18.9. The number of nitrogens with one attached hydrogen (secondary N) is 5. The van der Waals surface area contributed by atoms with Crippen molar-refractivity contribution in [2.45, 2.75) is 50.4 Å². The third-order valence-corrected chi connectivity index (χ3v) is 8.68. The van der Waals surface area contributed by atoms with E-state index in [-0.39, 0.29) is 44.5 Å². The van der Waals surface area contributed by atoms with Crippen molar-refractivity contribution in [2.24, 2.45) is 5.73 Å². The molecule has 3 aromatic carbocycles. The second kappa shape index (κ2) is 17.1. The van der Waals surface area contributed by atoms with E-state index in [1.807, 2.05) is 24.3 Å². The summed E-state index contributed by atoms with van der Waals surface area (Å²) >= 11 is 0. The standard InChI is InChI=1S/C37H41N7O8/c38-15-14-32(46)41-28(16-23-10-12-24(45)13-11-23)35(49)39-19-33(47)42-29-18-26-25-8-4-5-9-27(25)40-31(26)20-44(36(29)50)21-34(48)43-30(37(51)52)17-22-6-2-1-3-7-22/h1-13,28-30,40,45H,14-21,38H2,(H,39,49)(H,41,46)(H,42,47)(H,43,48)(H,51,52)/t28-,29-,30-/m0/s1. The summed E-state index contributed by atoms with van der Waals surface area (Å²) in [6.07, 6.45) is 0.177. The fourth-order valence-electron chi connectivity index (χ4n) is 6.12. The topological polar surface area (TPSA) is 236 Å². The van der Waals surface area contributed by atoms with E-state index >= 15 is 0 Å². The number of carboxylic acid groups (broad SMARTS) is 1. The van der Waals surface area contributed by atoms with Crippen LogP contribution in [-0.2, 0) is 54.6 Å². The van der Waals surface area contributed by atoms with Gasteiger partial charge in [0.05, 0.1) is 13.1 Å². The van der Waals surface area contributed by atoms with Gasteiger partial charge in [0.25, 0.3) is 0 Å². The number of para-hydroxylation sites is 1. The van der Waals surface area contributed by atoms with Gasteiger partial charge in [-0.15, -0.1) is 0 Å². The van der Waals surface area contributed by atoms with Gasteiger partial charge in [0.2, 0.25) is 29.5 Å². The molecule has 272 valence electrons. The molecule has 5 rings (SSSR count). The monoisotopic (exact) mass is 711 g/mol. The first-order chi connectivity index (χ1) is 25.0. The number of fused-ring (bicyclic) bond motifs is 3. The number of amides is 5. The lowest BCUT2D eigenvalue weighted by Gasteiger charge is -2.25. The number of aliphatic carboxylic acids is 1. The average molecular weight is 712 g/mol. The van der Waals surface area contributed by atoms with Gasteiger partial charge in [0.1, 0.15) is 30.4 Å². The number of carbonyl (C=O) groups excluding carboxylic acids is 5. The number of carbonyl (C=O) groups is 6. The van der Waals surface area contributed by atoms with E-state index in [2.05, 4.69) is 26.3 Å². The normalized spacial score (nSPS) is 15.1. The fraction of sp³-hybridized carbons (Fsp3) is 0.297. The van der Waals surface area contributed by atoms with Gasteiger partial charge >= 0.3 is 5.97 Å². The number of aromatic hydroxyl groups is 1. The molecule has 0 radical (unpaired) electrons. The molecule has 1 aliphatic rings. The highest BCUT2D eigenvalue weighted by Gasteiger charge is 2.34. The van der Waals surface area contributed by atoms with Crippen molar-refractivity contribution in [2.75, 3.05) is 19.6 Å². The first kappa shape index (κ1) is 37.0. The van der Waals surface area contributed by atoms with Crippen LogP contribution in [-0.4, -0.2) is 93.4 Å². The summed E-state index contributed by atoms with van der Waals surface area (Å²) in [5, 5.41) is 30.6. The molecule has 1 aliphatic heterocycles. The van der Waals surface area contributed by atoms with Crippen LogP contribution in [0.3, 0.4) is 0 Å². The van der Waals surface area contributed by atoms with Gasteiger partial charge in [0.15, 0.2) is 0 Å². The molecular weight excluding hydrogens is 670 g/mol. The van der Waals surface area contributed by atoms with Crippen molar-refractivity contribution in [1.82, 2.24) is 31.2 Å². The zero-order valence-electron chi connectivity index (χ0n) is 28.3. The van der Waals surface area contributed by atoms with Gasteiger partial charge < -0.3 is 47.1 Å². The molecule has 0 unspecified atom stereocenters. The molecule has 9 N–H and O–H groups in total. The van der Waals surface area contributed by atoms with E-state index in [4.69, 9.17) is 5.73 Å². The lowest BCUT2D eigenvalue weighted by atomic mass is 10.0. The predicted octanol–water partition coefficient (Wildman–Crippen LogP) is 0.248.